The third kappa shape index (κ3) is 4.83. The van der Waals surface area contributed by atoms with Gasteiger partial charge in [0.15, 0.2) is 0 Å². The first-order valence-electron chi connectivity index (χ1n) is 6.94. The summed E-state index contributed by atoms with van der Waals surface area (Å²) in [6.45, 7) is 1.86. The van der Waals surface area contributed by atoms with Crippen LogP contribution in [0, 0.1) is 11.3 Å². The smallest absolute Gasteiger partial charge is 0.263 e. The zero-order valence-corrected chi connectivity index (χ0v) is 13.2. The predicted octanol–water partition coefficient (Wildman–Crippen LogP) is 3.43. The summed E-state index contributed by atoms with van der Waals surface area (Å²) in [5.74, 6) is -0.00691. The summed E-state index contributed by atoms with van der Waals surface area (Å²) in [7, 11) is 0. The molecule has 1 amide bonds. The highest BCUT2D eigenvalue weighted by Crippen LogP contribution is 2.13. The van der Waals surface area contributed by atoms with E-state index in [0.717, 1.165) is 5.56 Å². The van der Waals surface area contributed by atoms with Crippen molar-refractivity contribution in [2.45, 2.75) is 13.0 Å². The number of pyridine rings is 1. The van der Waals surface area contributed by atoms with E-state index in [-0.39, 0.29) is 11.6 Å². The molecule has 6 heteroatoms. The molecule has 116 valence electrons. The first kappa shape index (κ1) is 16.5. The molecule has 1 aromatic heterocycles. The van der Waals surface area contributed by atoms with E-state index in [0.29, 0.717) is 10.8 Å². The van der Waals surface area contributed by atoms with Gasteiger partial charge in [-0.15, -0.1) is 0 Å². The molecule has 23 heavy (non-hydrogen) atoms. The maximum Gasteiger partial charge on any atom is 0.263 e. The Morgan fingerprint density at radius 2 is 2.09 bits per heavy atom. The fourth-order valence-electron chi connectivity index (χ4n) is 1.88. The molecule has 0 bridgehead atoms. The predicted molar refractivity (Wildman–Crippen MR) is 89.6 cm³/mol. The van der Waals surface area contributed by atoms with Gasteiger partial charge in [-0.1, -0.05) is 41.9 Å². The number of nitrogens with zero attached hydrogens (tertiary/aromatic N) is 2. The largest absolute Gasteiger partial charge is 0.345 e. The van der Waals surface area contributed by atoms with Crippen molar-refractivity contribution in [2.24, 2.45) is 0 Å². The van der Waals surface area contributed by atoms with E-state index in [9.17, 15) is 4.79 Å². The molecule has 2 N–H and O–H groups in total. The Balaban J connectivity index is 2.04. The molecule has 0 fully saturated rings. The molecular formula is C17H15ClN4O. The van der Waals surface area contributed by atoms with Crippen molar-refractivity contribution in [1.29, 1.82) is 5.26 Å². The van der Waals surface area contributed by atoms with E-state index < -0.39 is 5.91 Å². The Morgan fingerprint density at radius 1 is 1.35 bits per heavy atom. The highest BCUT2D eigenvalue weighted by Gasteiger charge is 2.13. The van der Waals surface area contributed by atoms with E-state index in [1.54, 1.807) is 12.1 Å². The normalized spacial score (nSPS) is 12.1. The van der Waals surface area contributed by atoms with Gasteiger partial charge in [0.1, 0.15) is 17.5 Å². The van der Waals surface area contributed by atoms with Gasteiger partial charge < -0.3 is 10.6 Å². The fourth-order valence-corrected chi connectivity index (χ4v) is 2.04. The first-order chi connectivity index (χ1) is 11.1. The minimum absolute atomic E-state index is 0.0467. The van der Waals surface area contributed by atoms with E-state index in [1.165, 1.54) is 12.4 Å². The SMILES string of the molecule is CC(NC(=O)/C(C#N)=C\Nc1cc(Cl)ccn1)c1ccccc1. The summed E-state index contributed by atoms with van der Waals surface area (Å²) >= 11 is 5.85. The molecular weight excluding hydrogens is 312 g/mol. The highest BCUT2D eigenvalue weighted by atomic mass is 35.5. The number of aromatic nitrogens is 1. The number of hydrogen-bond donors (Lipinski definition) is 2. The van der Waals surface area contributed by atoms with Gasteiger partial charge in [-0.2, -0.15) is 5.26 Å². The maximum absolute atomic E-state index is 12.2. The molecule has 0 aliphatic heterocycles. The lowest BCUT2D eigenvalue weighted by Gasteiger charge is -2.13. The molecule has 1 heterocycles. The summed E-state index contributed by atoms with van der Waals surface area (Å²) in [6, 6.07) is 14.4. The lowest BCUT2D eigenvalue weighted by molar-refractivity contribution is -0.117. The van der Waals surface area contributed by atoms with Crippen molar-refractivity contribution >= 4 is 23.3 Å². The van der Waals surface area contributed by atoms with Crippen LogP contribution >= 0.6 is 11.6 Å². The second kappa shape index (κ2) is 7.97. The molecule has 5 nitrogen and oxygen atoms in total. The number of carbonyl (C=O) groups is 1. The van der Waals surface area contributed by atoms with Gasteiger partial charge in [0, 0.05) is 17.4 Å². The number of nitrogens with one attached hydrogen (secondary N) is 2. The van der Waals surface area contributed by atoms with Crippen LogP contribution in [0.3, 0.4) is 0 Å². The average molecular weight is 327 g/mol. The van der Waals surface area contributed by atoms with E-state index in [1.807, 2.05) is 43.3 Å². The minimum Gasteiger partial charge on any atom is -0.345 e. The molecule has 2 aromatic rings. The molecule has 1 aromatic carbocycles. The van der Waals surface area contributed by atoms with Crippen LogP contribution in [-0.2, 0) is 4.79 Å². The van der Waals surface area contributed by atoms with Gasteiger partial charge in [0.2, 0.25) is 0 Å². The second-order valence-electron chi connectivity index (χ2n) is 4.78. The molecule has 0 radical (unpaired) electrons. The van der Waals surface area contributed by atoms with Gasteiger partial charge in [-0.3, -0.25) is 4.79 Å². The second-order valence-corrected chi connectivity index (χ2v) is 5.22. The summed E-state index contributed by atoms with van der Waals surface area (Å²) in [6.07, 6.45) is 2.84. The standard InChI is InChI=1S/C17H15ClN4O/c1-12(13-5-3-2-4-6-13)22-17(23)14(10-19)11-21-16-9-15(18)7-8-20-16/h2-9,11-12H,1H3,(H,20,21)(H,22,23)/b14-11-. The van der Waals surface area contributed by atoms with Crippen LogP contribution in [0.1, 0.15) is 18.5 Å². The Kier molecular flexibility index (Phi) is 5.73. The van der Waals surface area contributed by atoms with E-state index in [2.05, 4.69) is 15.6 Å². The van der Waals surface area contributed by atoms with E-state index in [4.69, 9.17) is 16.9 Å². The molecule has 1 atom stereocenters. The Hall–Kier alpha value is -2.84. The number of carbonyl (C=O) groups excluding carboxylic acids is 1. The highest BCUT2D eigenvalue weighted by molar-refractivity contribution is 6.30. The topological polar surface area (TPSA) is 77.8 Å². The zero-order valence-electron chi connectivity index (χ0n) is 12.5. The molecule has 0 saturated heterocycles. The van der Waals surface area contributed by atoms with Crippen LogP contribution < -0.4 is 10.6 Å². The summed E-state index contributed by atoms with van der Waals surface area (Å²) in [5, 5.41) is 15.2. The number of anilines is 1. The number of rotatable bonds is 5. The third-order valence-electron chi connectivity index (χ3n) is 3.10. The van der Waals surface area contributed by atoms with Crippen molar-refractivity contribution in [1.82, 2.24) is 10.3 Å². The number of halogens is 1. The number of nitriles is 1. The zero-order chi connectivity index (χ0) is 16.7. The van der Waals surface area contributed by atoms with Crippen molar-refractivity contribution in [3.05, 3.63) is 71.0 Å². The quantitative estimate of drug-likeness (QED) is 0.651. The Bertz CT molecular complexity index is 753. The van der Waals surface area contributed by atoms with Crippen LogP contribution in [-0.4, -0.2) is 10.9 Å². The van der Waals surface area contributed by atoms with Gasteiger partial charge in [0.25, 0.3) is 5.91 Å². The molecule has 0 aliphatic rings. The average Bonchev–Trinajstić information content (AvgIpc) is 2.56. The van der Waals surface area contributed by atoms with Gasteiger partial charge in [0.05, 0.1) is 6.04 Å². The minimum atomic E-state index is -0.460. The Labute approximate surface area is 139 Å². The lowest BCUT2D eigenvalue weighted by atomic mass is 10.1. The number of hydrogen-bond acceptors (Lipinski definition) is 4. The fraction of sp³-hybridized carbons (Fsp3) is 0.118. The molecule has 0 aliphatic carbocycles. The molecule has 2 rings (SSSR count). The summed E-state index contributed by atoms with van der Waals surface area (Å²) < 4.78 is 0. The van der Waals surface area contributed by atoms with Crippen molar-refractivity contribution in [3.63, 3.8) is 0 Å². The number of benzene rings is 1. The maximum atomic E-state index is 12.2. The monoisotopic (exact) mass is 326 g/mol. The summed E-state index contributed by atoms with van der Waals surface area (Å²) in [5.41, 5.74) is 0.914. The van der Waals surface area contributed by atoms with Crippen molar-refractivity contribution < 1.29 is 4.79 Å². The van der Waals surface area contributed by atoms with Crippen LogP contribution in [0.2, 0.25) is 5.02 Å². The van der Waals surface area contributed by atoms with Crippen LogP contribution in [0.4, 0.5) is 5.82 Å². The van der Waals surface area contributed by atoms with Crippen LogP contribution in [0.25, 0.3) is 0 Å². The molecule has 1 unspecified atom stereocenters. The third-order valence-corrected chi connectivity index (χ3v) is 3.33. The van der Waals surface area contributed by atoms with Crippen molar-refractivity contribution in [2.75, 3.05) is 5.32 Å². The van der Waals surface area contributed by atoms with Gasteiger partial charge >= 0.3 is 0 Å². The van der Waals surface area contributed by atoms with Crippen molar-refractivity contribution in [3.8, 4) is 6.07 Å². The Morgan fingerprint density at radius 3 is 2.74 bits per heavy atom. The van der Waals surface area contributed by atoms with Gasteiger partial charge in [-0.05, 0) is 24.6 Å². The first-order valence-corrected chi connectivity index (χ1v) is 7.32. The number of amides is 1. The van der Waals surface area contributed by atoms with E-state index >= 15 is 0 Å². The van der Waals surface area contributed by atoms with Gasteiger partial charge in [-0.25, -0.2) is 4.98 Å². The van der Waals surface area contributed by atoms with Crippen LogP contribution in [0.15, 0.2) is 60.4 Å². The lowest BCUT2D eigenvalue weighted by Crippen LogP contribution is -2.28. The molecule has 0 spiro atoms. The van der Waals surface area contributed by atoms with Crippen LogP contribution in [0.5, 0.6) is 0 Å². The molecule has 0 saturated carbocycles. The summed E-state index contributed by atoms with van der Waals surface area (Å²) in [4.78, 5) is 16.2.